The van der Waals surface area contributed by atoms with Crippen LogP contribution in [0, 0.1) is 6.92 Å². The summed E-state index contributed by atoms with van der Waals surface area (Å²) in [7, 11) is 3.72. The minimum absolute atomic E-state index is 0.694. The van der Waals surface area contributed by atoms with Gasteiger partial charge in [0.15, 0.2) is 5.82 Å². The van der Waals surface area contributed by atoms with Crippen molar-refractivity contribution in [2.45, 2.75) is 6.92 Å². The predicted molar refractivity (Wildman–Crippen MR) is 58.5 cm³/mol. The first-order valence-corrected chi connectivity index (χ1v) is 4.72. The van der Waals surface area contributed by atoms with Gasteiger partial charge >= 0.3 is 0 Å². The van der Waals surface area contributed by atoms with Crippen LogP contribution in [0.15, 0.2) is 18.3 Å². The Morgan fingerprint density at radius 1 is 1.33 bits per heavy atom. The molecule has 0 aliphatic heterocycles. The van der Waals surface area contributed by atoms with E-state index >= 15 is 0 Å². The minimum Gasteiger partial charge on any atom is -0.373 e. The zero-order valence-electron chi connectivity index (χ0n) is 9.02. The third kappa shape index (κ3) is 1.81. The summed E-state index contributed by atoms with van der Waals surface area (Å²) in [6.07, 6.45) is 1.74. The summed E-state index contributed by atoms with van der Waals surface area (Å²) in [5, 5.41) is 7.10. The van der Waals surface area contributed by atoms with Crippen LogP contribution in [-0.2, 0) is 7.05 Å². The zero-order chi connectivity index (χ0) is 10.8. The second-order valence-corrected chi connectivity index (χ2v) is 3.31. The van der Waals surface area contributed by atoms with E-state index in [0.717, 1.165) is 17.2 Å². The van der Waals surface area contributed by atoms with Crippen molar-refractivity contribution in [1.29, 1.82) is 0 Å². The molecule has 0 aromatic carbocycles. The van der Waals surface area contributed by atoms with Crippen molar-refractivity contribution in [2.24, 2.45) is 7.05 Å². The van der Waals surface area contributed by atoms with E-state index in [1.165, 1.54) is 0 Å². The van der Waals surface area contributed by atoms with Crippen LogP contribution >= 0.6 is 0 Å². The molecule has 5 nitrogen and oxygen atoms in total. The molecule has 0 aliphatic carbocycles. The second-order valence-electron chi connectivity index (χ2n) is 3.31. The van der Waals surface area contributed by atoms with Crippen molar-refractivity contribution in [3.05, 3.63) is 24.0 Å². The van der Waals surface area contributed by atoms with Crippen molar-refractivity contribution >= 4 is 5.82 Å². The molecule has 0 radical (unpaired) electrons. The van der Waals surface area contributed by atoms with E-state index in [1.54, 1.807) is 10.9 Å². The Hall–Kier alpha value is -1.91. The number of anilines is 1. The van der Waals surface area contributed by atoms with Crippen LogP contribution in [0.25, 0.3) is 11.5 Å². The largest absolute Gasteiger partial charge is 0.373 e. The Morgan fingerprint density at radius 2 is 2.13 bits per heavy atom. The van der Waals surface area contributed by atoms with Crippen molar-refractivity contribution in [3.63, 3.8) is 0 Å². The maximum Gasteiger partial charge on any atom is 0.180 e. The number of rotatable bonds is 2. The fourth-order valence-corrected chi connectivity index (χ4v) is 1.40. The molecule has 0 saturated carbocycles. The van der Waals surface area contributed by atoms with Crippen LogP contribution in [0.3, 0.4) is 0 Å². The lowest BCUT2D eigenvalue weighted by molar-refractivity contribution is 0.769. The maximum absolute atomic E-state index is 4.37. The average molecular weight is 203 g/mol. The van der Waals surface area contributed by atoms with E-state index in [1.807, 2.05) is 33.2 Å². The summed E-state index contributed by atoms with van der Waals surface area (Å²) in [4.78, 5) is 8.75. The Kier molecular flexibility index (Phi) is 2.37. The average Bonchev–Trinajstić information content (AvgIpc) is 2.63. The lowest BCUT2D eigenvalue weighted by Gasteiger charge is -2.05. The van der Waals surface area contributed by atoms with Crippen molar-refractivity contribution in [1.82, 2.24) is 19.7 Å². The fraction of sp³-hybridized carbons (Fsp3) is 0.300. The summed E-state index contributed by atoms with van der Waals surface area (Å²) in [6, 6.07) is 3.80. The SMILES string of the molecule is CNc1cc(C)nc(-c2ccnn2C)n1. The summed E-state index contributed by atoms with van der Waals surface area (Å²) in [5.74, 6) is 1.51. The predicted octanol–water partition coefficient (Wildman–Crippen LogP) is 1.23. The lowest BCUT2D eigenvalue weighted by Crippen LogP contribution is -2.01. The molecule has 0 saturated heterocycles. The van der Waals surface area contributed by atoms with Crippen molar-refractivity contribution in [2.75, 3.05) is 12.4 Å². The fourth-order valence-electron chi connectivity index (χ4n) is 1.40. The van der Waals surface area contributed by atoms with Gasteiger partial charge in [0.1, 0.15) is 11.5 Å². The Bertz CT molecular complexity index is 474. The number of hydrogen-bond donors (Lipinski definition) is 1. The van der Waals surface area contributed by atoms with Gasteiger partial charge in [0.2, 0.25) is 0 Å². The van der Waals surface area contributed by atoms with Gasteiger partial charge in [-0.05, 0) is 13.0 Å². The maximum atomic E-state index is 4.37. The molecule has 5 heteroatoms. The number of aryl methyl sites for hydroxylation is 2. The molecule has 2 heterocycles. The second kappa shape index (κ2) is 3.68. The van der Waals surface area contributed by atoms with Crippen LogP contribution in [0.4, 0.5) is 5.82 Å². The summed E-state index contributed by atoms with van der Waals surface area (Å²) >= 11 is 0. The lowest BCUT2D eigenvalue weighted by atomic mass is 10.3. The van der Waals surface area contributed by atoms with Gasteiger partial charge in [-0.1, -0.05) is 0 Å². The Morgan fingerprint density at radius 3 is 2.73 bits per heavy atom. The van der Waals surface area contributed by atoms with Gasteiger partial charge < -0.3 is 5.32 Å². The van der Waals surface area contributed by atoms with Gasteiger partial charge in [0, 0.05) is 32.1 Å². The highest BCUT2D eigenvalue weighted by Crippen LogP contribution is 2.16. The third-order valence-corrected chi connectivity index (χ3v) is 2.16. The van der Waals surface area contributed by atoms with Gasteiger partial charge in [-0.25, -0.2) is 9.97 Å². The topological polar surface area (TPSA) is 55.6 Å². The van der Waals surface area contributed by atoms with E-state index in [9.17, 15) is 0 Å². The molecule has 0 spiro atoms. The Balaban J connectivity index is 2.53. The highest BCUT2D eigenvalue weighted by atomic mass is 15.3. The molecule has 2 rings (SSSR count). The molecule has 15 heavy (non-hydrogen) atoms. The van der Waals surface area contributed by atoms with Crippen molar-refractivity contribution in [3.8, 4) is 11.5 Å². The zero-order valence-corrected chi connectivity index (χ0v) is 9.02. The molecular weight excluding hydrogens is 190 g/mol. The summed E-state index contributed by atoms with van der Waals surface area (Å²) in [5.41, 5.74) is 1.85. The normalized spacial score (nSPS) is 10.3. The first-order valence-electron chi connectivity index (χ1n) is 4.72. The summed E-state index contributed by atoms with van der Waals surface area (Å²) < 4.78 is 1.76. The number of hydrogen-bond acceptors (Lipinski definition) is 4. The van der Waals surface area contributed by atoms with Crippen LogP contribution in [0.1, 0.15) is 5.69 Å². The van der Waals surface area contributed by atoms with E-state index < -0.39 is 0 Å². The van der Waals surface area contributed by atoms with Crippen LogP contribution < -0.4 is 5.32 Å². The van der Waals surface area contributed by atoms with E-state index in [-0.39, 0.29) is 0 Å². The van der Waals surface area contributed by atoms with Gasteiger partial charge in [0.25, 0.3) is 0 Å². The molecule has 0 bridgehead atoms. The molecule has 0 unspecified atom stereocenters. The first kappa shape index (κ1) is 9.64. The van der Waals surface area contributed by atoms with Crippen LogP contribution in [-0.4, -0.2) is 26.8 Å². The molecule has 2 aromatic rings. The first-order chi connectivity index (χ1) is 7.20. The van der Waals surface area contributed by atoms with E-state index in [4.69, 9.17) is 0 Å². The van der Waals surface area contributed by atoms with E-state index in [2.05, 4.69) is 20.4 Å². The molecular formula is C10H13N5. The number of nitrogens with one attached hydrogen (secondary N) is 1. The smallest absolute Gasteiger partial charge is 0.180 e. The highest BCUT2D eigenvalue weighted by molar-refractivity contribution is 5.52. The van der Waals surface area contributed by atoms with Gasteiger partial charge in [-0.2, -0.15) is 5.10 Å². The quantitative estimate of drug-likeness (QED) is 0.797. The molecule has 2 aromatic heterocycles. The molecule has 0 atom stereocenters. The standard InChI is InChI=1S/C10H13N5/c1-7-6-9(11-2)14-10(13-7)8-4-5-12-15(8)3/h4-6H,1-3H3,(H,11,13,14). The molecule has 0 fully saturated rings. The summed E-state index contributed by atoms with van der Waals surface area (Å²) in [6.45, 7) is 1.95. The molecule has 1 N–H and O–H groups in total. The van der Waals surface area contributed by atoms with Gasteiger partial charge in [-0.15, -0.1) is 0 Å². The Labute approximate surface area is 88.2 Å². The molecule has 78 valence electrons. The molecule has 0 aliphatic rings. The van der Waals surface area contributed by atoms with Crippen LogP contribution in [0.5, 0.6) is 0 Å². The van der Waals surface area contributed by atoms with Gasteiger partial charge in [-0.3, -0.25) is 4.68 Å². The van der Waals surface area contributed by atoms with Crippen LogP contribution in [0.2, 0.25) is 0 Å². The third-order valence-electron chi connectivity index (χ3n) is 2.16. The highest BCUT2D eigenvalue weighted by Gasteiger charge is 2.07. The van der Waals surface area contributed by atoms with Gasteiger partial charge in [0.05, 0.1) is 0 Å². The van der Waals surface area contributed by atoms with E-state index in [0.29, 0.717) is 5.82 Å². The number of aromatic nitrogens is 4. The monoisotopic (exact) mass is 203 g/mol. The molecule has 0 amide bonds. The number of nitrogens with zero attached hydrogens (tertiary/aromatic N) is 4. The van der Waals surface area contributed by atoms with Crippen molar-refractivity contribution < 1.29 is 0 Å². The minimum atomic E-state index is 0.694.